The molecule has 9 heteroatoms. The first-order valence-corrected chi connectivity index (χ1v) is 9.10. The van der Waals surface area contributed by atoms with Crippen LogP contribution in [0.5, 0.6) is 11.5 Å². The summed E-state index contributed by atoms with van der Waals surface area (Å²) < 4.78 is 15.5. The van der Waals surface area contributed by atoms with Crippen LogP contribution in [-0.4, -0.2) is 44.3 Å². The van der Waals surface area contributed by atoms with Crippen LogP contribution in [0.25, 0.3) is 0 Å². The summed E-state index contributed by atoms with van der Waals surface area (Å²) in [6.45, 7) is 3.15. The third-order valence-electron chi connectivity index (χ3n) is 3.66. The fourth-order valence-corrected chi connectivity index (χ4v) is 2.39. The van der Waals surface area contributed by atoms with Crippen molar-refractivity contribution in [3.63, 3.8) is 0 Å². The van der Waals surface area contributed by atoms with Gasteiger partial charge in [0.2, 0.25) is 5.91 Å². The molecule has 0 bridgehead atoms. The number of nitrogens with one attached hydrogen (secondary N) is 2. The number of anilines is 1. The Kier molecular flexibility index (Phi) is 8.37. The summed E-state index contributed by atoms with van der Waals surface area (Å²) in [4.78, 5) is 34.8. The molecule has 2 amide bonds. The van der Waals surface area contributed by atoms with E-state index in [9.17, 15) is 14.4 Å². The van der Waals surface area contributed by atoms with E-state index in [4.69, 9.17) is 14.2 Å². The molecule has 2 rings (SSSR count). The molecule has 0 radical (unpaired) electrons. The topological polar surface area (TPSA) is 115 Å². The van der Waals surface area contributed by atoms with Crippen LogP contribution in [0.4, 0.5) is 5.69 Å². The first-order valence-electron chi connectivity index (χ1n) is 9.10. The summed E-state index contributed by atoms with van der Waals surface area (Å²) in [5.74, 6) is -0.358. The Labute approximate surface area is 174 Å². The molecule has 0 unspecified atom stereocenters. The molecule has 0 aromatic heterocycles. The lowest BCUT2D eigenvalue weighted by molar-refractivity contribution is -0.145. The van der Waals surface area contributed by atoms with Gasteiger partial charge >= 0.3 is 5.97 Å². The second-order valence-corrected chi connectivity index (χ2v) is 5.97. The number of hydrogen-bond acceptors (Lipinski definition) is 7. The maximum atomic E-state index is 12.2. The van der Waals surface area contributed by atoms with E-state index in [-0.39, 0.29) is 19.1 Å². The first-order chi connectivity index (χ1) is 14.4. The van der Waals surface area contributed by atoms with Gasteiger partial charge in [-0.05, 0) is 48.9 Å². The van der Waals surface area contributed by atoms with Gasteiger partial charge in [-0.25, -0.2) is 10.2 Å². The molecule has 158 valence electrons. The Morgan fingerprint density at radius 3 is 2.60 bits per heavy atom. The third-order valence-corrected chi connectivity index (χ3v) is 3.66. The monoisotopic (exact) mass is 413 g/mol. The minimum absolute atomic E-state index is 0.228. The Hall–Kier alpha value is -3.88. The molecule has 2 aromatic carbocycles. The zero-order valence-corrected chi connectivity index (χ0v) is 16.9. The second-order valence-electron chi connectivity index (χ2n) is 5.97. The summed E-state index contributed by atoms with van der Waals surface area (Å²) in [6, 6.07) is 11.4. The molecule has 0 saturated heterocycles. The molecule has 9 nitrogen and oxygen atoms in total. The molecule has 0 fully saturated rings. The summed E-state index contributed by atoms with van der Waals surface area (Å²) in [5, 5.41) is 6.54. The van der Waals surface area contributed by atoms with E-state index in [2.05, 4.69) is 15.8 Å². The molecule has 2 N–H and O–H groups in total. The Balaban J connectivity index is 1.99. The Morgan fingerprint density at radius 2 is 1.90 bits per heavy atom. The summed E-state index contributed by atoms with van der Waals surface area (Å²) >= 11 is 0. The average Bonchev–Trinajstić information content (AvgIpc) is 2.72. The van der Waals surface area contributed by atoms with Gasteiger partial charge in [-0.1, -0.05) is 6.07 Å². The molecule has 0 spiro atoms. The number of hydrogen-bond donors (Lipinski definition) is 2. The minimum Gasteiger partial charge on any atom is -0.493 e. The van der Waals surface area contributed by atoms with Crippen molar-refractivity contribution in [2.75, 3.05) is 25.6 Å². The van der Waals surface area contributed by atoms with Crippen molar-refractivity contribution in [2.45, 2.75) is 13.8 Å². The van der Waals surface area contributed by atoms with Gasteiger partial charge in [0, 0.05) is 18.2 Å². The van der Waals surface area contributed by atoms with Gasteiger partial charge in [0.15, 0.2) is 18.1 Å². The molecule has 0 aliphatic rings. The Morgan fingerprint density at radius 1 is 1.10 bits per heavy atom. The maximum absolute atomic E-state index is 12.2. The van der Waals surface area contributed by atoms with E-state index in [0.717, 1.165) is 0 Å². The highest BCUT2D eigenvalue weighted by Gasteiger charge is 2.09. The lowest BCUT2D eigenvalue weighted by Crippen LogP contribution is -2.18. The van der Waals surface area contributed by atoms with E-state index in [1.165, 1.54) is 20.2 Å². The van der Waals surface area contributed by atoms with Crippen LogP contribution in [0.15, 0.2) is 47.6 Å². The molecular weight excluding hydrogens is 390 g/mol. The second kappa shape index (κ2) is 11.2. The molecule has 0 heterocycles. The molecule has 0 aliphatic heterocycles. The van der Waals surface area contributed by atoms with Crippen molar-refractivity contribution in [3.8, 4) is 11.5 Å². The summed E-state index contributed by atoms with van der Waals surface area (Å²) in [6.07, 6.45) is 1.44. The number of methoxy groups -OCH3 is 1. The lowest BCUT2D eigenvalue weighted by atomic mass is 10.2. The highest BCUT2D eigenvalue weighted by molar-refractivity contribution is 5.97. The van der Waals surface area contributed by atoms with Crippen molar-refractivity contribution in [2.24, 2.45) is 5.10 Å². The summed E-state index contributed by atoms with van der Waals surface area (Å²) in [7, 11) is 1.47. The maximum Gasteiger partial charge on any atom is 0.344 e. The van der Waals surface area contributed by atoms with Gasteiger partial charge < -0.3 is 19.5 Å². The van der Waals surface area contributed by atoms with Gasteiger partial charge in [0.25, 0.3) is 5.91 Å². The molecule has 0 saturated carbocycles. The van der Waals surface area contributed by atoms with Gasteiger partial charge in [0.05, 0.1) is 19.9 Å². The SMILES string of the molecule is CCOC(=O)COc1ccc(/C=N\NC(=O)c2cccc(NC(C)=O)c2)cc1OC. The first kappa shape index (κ1) is 22.4. The number of nitrogens with zero attached hydrogens (tertiary/aromatic N) is 1. The van der Waals surface area contributed by atoms with Crippen LogP contribution in [0.2, 0.25) is 0 Å². The number of rotatable bonds is 9. The van der Waals surface area contributed by atoms with Crippen LogP contribution in [0.3, 0.4) is 0 Å². The van der Waals surface area contributed by atoms with Crippen molar-refractivity contribution < 1.29 is 28.6 Å². The van der Waals surface area contributed by atoms with Crippen LogP contribution < -0.4 is 20.2 Å². The molecular formula is C21H23N3O6. The largest absolute Gasteiger partial charge is 0.493 e. The van der Waals surface area contributed by atoms with Crippen molar-refractivity contribution in [1.29, 1.82) is 0 Å². The highest BCUT2D eigenvalue weighted by atomic mass is 16.6. The van der Waals surface area contributed by atoms with Crippen molar-refractivity contribution >= 4 is 29.7 Å². The number of carbonyl (C=O) groups excluding carboxylic acids is 3. The zero-order valence-electron chi connectivity index (χ0n) is 16.9. The smallest absolute Gasteiger partial charge is 0.344 e. The van der Waals surface area contributed by atoms with Crippen LogP contribution in [-0.2, 0) is 14.3 Å². The van der Waals surface area contributed by atoms with Crippen LogP contribution in [0.1, 0.15) is 29.8 Å². The zero-order chi connectivity index (χ0) is 21.9. The van der Waals surface area contributed by atoms with E-state index < -0.39 is 11.9 Å². The third kappa shape index (κ3) is 6.93. The fraction of sp³-hybridized carbons (Fsp3) is 0.238. The molecule has 0 atom stereocenters. The number of hydrazone groups is 1. The molecule has 30 heavy (non-hydrogen) atoms. The van der Waals surface area contributed by atoms with Gasteiger partial charge in [-0.2, -0.15) is 5.10 Å². The van der Waals surface area contributed by atoms with Crippen LogP contribution in [0, 0.1) is 0 Å². The normalized spacial score (nSPS) is 10.4. The number of esters is 1. The van der Waals surface area contributed by atoms with Crippen molar-refractivity contribution in [3.05, 3.63) is 53.6 Å². The molecule has 2 aromatic rings. The number of benzene rings is 2. The predicted octanol–water partition coefficient (Wildman–Crippen LogP) is 2.36. The van der Waals surface area contributed by atoms with Crippen molar-refractivity contribution in [1.82, 2.24) is 5.43 Å². The molecule has 0 aliphatic carbocycles. The van der Waals surface area contributed by atoms with Crippen LogP contribution >= 0.6 is 0 Å². The standard InChI is InChI=1S/C21H23N3O6/c1-4-29-20(26)13-30-18-9-8-15(10-19(18)28-3)12-22-24-21(27)16-6-5-7-17(11-16)23-14(2)25/h5-12H,4,13H2,1-3H3,(H,23,25)(H,24,27)/b22-12-. The number of carbonyl (C=O) groups is 3. The van der Waals surface area contributed by atoms with E-state index in [1.54, 1.807) is 49.4 Å². The van der Waals surface area contributed by atoms with E-state index in [1.807, 2.05) is 0 Å². The number of ether oxygens (including phenoxy) is 3. The quantitative estimate of drug-likeness (QED) is 0.370. The summed E-state index contributed by atoms with van der Waals surface area (Å²) in [5.41, 5.74) is 3.92. The minimum atomic E-state index is -0.476. The van der Waals surface area contributed by atoms with Gasteiger partial charge in [0.1, 0.15) is 0 Å². The predicted molar refractivity (Wildman–Crippen MR) is 111 cm³/mol. The van der Waals surface area contributed by atoms with E-state index >= 15 is 0 Å². The highest BCUT2D eigenvalue weighted by Crippen LogP contribution is 2.27. The number of amides is 2. The lowest BCUT2D eigenvalue weighted by Gasteiger charge is -2.10. The van der Waals surface area contributed by atoms with E-state index in [0.29, 0.717) is 28.3 Å². The Bertz CT molecular complexity index is 942. The van der Waals surface area contributed by atoms with Gasteiger partial charge in [-0.15, -0.1) is 0 Å². The van der Waals surface area contributed by atoms with Gasteiger partial charge in [-0.3, -0.25) is 9.59 Å². The average molecular weight is 413 g/mol. The fourth-order valence-electron chi connectivity index (χ4n) is 2.39.